The van der Waals surface area contributed by atoms with Gasteiger partial charge in [-0.3, -0.25) is 0 Å². The molecule has 0 nitrogen and oxygen atoms in total. The van der Waals surface area contributed by atoms with Crippen LogP contribution in [-0.2, 0) is 0 Å². The molecule has 0 bridgehead atoms. The van der Waals surface area contributed by atoms with Crippen molar-refractivity contribution >= 4 is 21.6 Å². The summed E-state index contributed by atoms with van der Waals surface area (Å²) in [6.07, 6.45) is 7.93. The van der Waals surface area contributed by atoms with E-state index in [9.17, 15) is 0 Å². The van der Waals surface area contributed by atoms with Gasteiger partial charge in [-0.25, -0.2) is 0 Å². The topological polar surface area (TPSA) is 0 Å². The van der Waals surface area contributed by atoms with Gasteiger partial charge in [-0.15, -0.1) is 0 Å². The molecule has 0 aromatic heterocycles. The van der Waals surface area contributed by atoms with Gasteiger partial charge in [0.15, 0.2) is 0 Å². The third-order valence-corrected chi connectivity index (χ3v) is 5.30. The molecule has 47 valence electrons. The van der Waals surface area contributed by atoms with Gasteiger partial charge in [-0.1, -0.05) is 0 Å². The van der Waals surface area contributed by atoms with E-state index in [0.717, 1.165) is 0 Å². The fraction of sp³-hybridized carbons (Fsp3) is 0.500. The third-order valence-electron chi connectivity index (χ3n) is 1.98. The van der Waals surface area contributed by atoms with Crippen molar-refractivity contribution in [2.75, 3.05) is 0 Å². The van der Waals surface area contributed by atoms with Crippen LogP contribution in [-0.4, -0.2) is 21.6 Å². The molecule has 1 radical (unpaired) electrons. The first-order valence-electron chi connectivity index (χ1n) is 3.53. The van der Waals surface area contributed by atoms with Gasteiger partial charge < -0.3 is 0 Å². The average Bonchev–Trinajstić information content (AvgIpc) is 2.33. The molecule has 0 aromatic rings. The standard InChI is InChI=1S/C8H9.Sb.H/c1-2-8-6-4-3-5-7-8;;/h2H,3-6H2;;. The quantitative estimate of drug-likeness (QED) is 0.552. The molecule has 0 saturated heterocycles. The molecule has 1 aliphatic carbocycles. The van der Waals surface area contributed by atoms with E-state index >= 15 is 0 Å². The van der Waals surface area contributed by atoms with Crippen LogP contribution in [0, 0.1) is 4.02 Å². The summed E-state index contributed by atoms with van der Waals surface area (Å²) in [5.41, 5.74) is 1.67. The number of hydrogen-bond acceptors (Lipinski definition) is 0. The van der Waals surface area contributed by atoms with Crippen molar-refractivity contribution < 1.29 is 0 Å². The predicted molar refractivity (Wildman–Crippen MR) is 40.5 cm³/mol. The summed E-state index contributed by atoms with van der Waals surface area (Å²) in [6, 6.07) is 0. The van der Waals surface area contributed by atoms with E-state index in [2.05, 4.69) is 10.1 Å². The fourth-order valence-corrected chi connectivity index (χ4v) is 4.52. The predicted octanol–water partition coefficient (Wildman–Crippen LogP) is 1.58. The van der Waals surface area contributed by atoms with Crippen molar-refractivity contribution in [1.29, 1.82) is 0 Å². The van der Waals surface area contributed by atoms with Gasteiger partial charge in [0.25, 0.3) is 0 Å². The van der Waals surface area contributed by atoms with E-state index in [1.54, 1.807) is 5.57 Å². The van der Waals surface area contributed by atoms with Gasteiger partial charge >= 0.3 is 66.5 Å². The summed E-state index contributed by atoms with van der Waals surface area (Å²) in [6.45, 7) is 0. The molecule has 2 aliphatic rings. The maximum atomic E-state index is 3.44. The molecule has 0 unspecified atom stereocenters. The van der Waals surface area contributed by atoms with Crippen LogP contribution in [0.2, 0.25) is 0 Å². The molecular formula is C8H10Sb. The molecule has 1 heterocycles. The Morgan fingerprint density at radius 1 is 1.33 bits per heavy atom. The zero-order chi connectivity index (χ0) is 6.10. The fourth-order valence-electron chi connectivity index (χ4n) is 1.44. The molecule has 9 heavy (non-hydrogen) atoms. The van der Waals surface area contributed by atoms with Crippen molar-refractivity contribution in [3.05, 3.63) is 19.2 Å². The van der Waals surface area contributed by atoms with Crippen LogP contribution in [0.3, 0.4) is 0 Å². The van der Waals surface area contributed by atoms with Crippen LogP contribution in [0.5, 0.6) is 0 Å². The van der Waals surface area contributed by atoms with Gasteiger partial charge in [0.05, 0.1) is 0 Å². The van der Waals surface area contributed by atoms with Crippen LogP contribution in [0.25, 0.3) is 0 Å². The number of hydrogen-bond donors (Lipinski definition) is 0. The molecule has 1 aliphatic heterocycles. The first kappa shape index (κ1) is 6.04. The summed E-state index contributed by atoms with van der Waals surface area (Å²) >= 11 is -0.225. The Bertz CT molecular complexity index is 177. The van der Waals surface area contributed by atoms with Crippen LogP contribution in [0.4, 0.5) is 0 Å². The second-order valence-corrected chi connectivity index (χ2v) is 5.88. The maximum absolute atomic E-state index is 3.44. The normalized spacial score (nSPS) is 24.9. The van der Waals surface area contributed by atoms with Gasteiger partial charge in [0.2, 0.25) is 0 Å². The Balaban J connectivity index is 2.24. The van der Waals surface area contributed by atoms with Crippen molar-refractivity contribution in [2.24, 2.45) is 0 Å². The zero-order valence-electron chi connectivity index (χ0n) is 5.41. The van der Waals surface area contributed by atoms with Crippen LogP contribution in [0.1, 0.15) is 25.7 Å². The van der Waals surface area contributed by atoms with E-state index in [1.807, 2.05) is 3.52 Å². The molecule has 0 saturated carbocycles. The second kappa shape index (κ2) is 2.50. The molecule has 0 fully saturated rings. The summed E-state index contributed by atoms with van der Waals surface area (Å²) in [5, 5.41) is 0. The summed E-state index contributed by atoms with van der Waals surface area (Å²) in [5.74, 6) is 0. The van der Waals surface area contributed by atoms with Crippen LogP contribution in [0.15, 0.2) is 15.2 Å². The Labute approximate surface area is 66.6 Å². The van der Waals surface area contributed by atoms with Crippen molar-refractivity contribution in [3.63, 3.8) is 0 Å². The van der Waals surface area contributed by atoms with E-state index in [0.29, 0.717) is 0 Å². The summed E-state index contributed by atoms with van der Waals surface area (Å²) in [4.78, 5) is 0. The Hall–Kier alpha value is 0.298. The average molecular weight is 228 g/mol. The molecule has 0 amide bonds. The Morgan fingerprint density at radius 2 is 2.22 bits per heavy atom. The molecule has 1 heteroatoms. The van der Waals surface area contributed by atoms with E-state index in [-0.39, 0.29) is 21.6 Å². The minimum absolute atomic E-state index is 0.225. The van der Waals surface area contributed by atoms with Crippen LogP contribution >= 0.6 is 0 Å². The van der Waals surface area contributed by atoms with Gasteiger partial charge in [0.1, 0.15) is 0 Å². The molecule has 0 aromatic carbocycles. The molecule has 2 rings (SSSR count). The SMILES string of the molecule is [C]1=CC2=[C](CCCC2)[SbH]1. The van der Waals surface area contributed by atoms with Gasteiger partial charge in [-0.05, 0) is 0 Å². The number of allylic oxidation sites excluding steroid dienone is 3. The molecule has 0 atom stereocenters. The zero-order valence-corrected chi connectivity index (χ0v) is 8.26. The molecule has 0 N–H and O–H groups in total. The number of rotatable bonds is 0. The first-order chi connectivity index (χ1) is 4.47. The van der Waals surface area contributed by atoms with Crippen molar-refractivity contribution in [1.82, 2.24) is 0 Å². The van der Waals surface area contributed by atoms with Crippen molar-refractivity contribution in [2.45, 2.75) is 25.7 Å². The van der Waals surface area contributed by atoms with Gasteiger partial charge in [0, 0.05) is 0 Å². The Kier molecular flexibility index (Phi) is 1.68. The van der Waals surface area contributed by atoms with E-state index in [1.165, 1.54) is 25.7 Å². The third kappa shape index (κ3) is 1.10. The van der Waals surface area contributed by atoms with Crippen molar-refractivity contribution in [3.8, 4) is 0 Å². The van der Waals surface area contributed by atoms with E-state index in [4.69, 9.17) is 0 Å². The summed E-state index contributed by atoms with van der Waals surface area (Å²) in [7, 11) is 0. The Morgan fingerprint density at radius 3 is 3.11 bits per heavy atom. The first-order valence-corrected chi connectivity index (χ1v) is 6.39. The van der Waals surface area contributed by atoms with E-state index < -0.39 is 0 Å². The molecule has 0 spiro atoms. The summed E-state index contributed by atoms with van der Waals surface area (Å²) < 4.78 is 5.27. The van der Waals surface area contributed by atoms with Gasteiger partial charge in [-0.2, -0.15) is 0 Å². The second-order valence-electron chi connectivity index (χ2n) is 2.62. The monoisotopic (exact) mass is 227 g/mol. The minimum atomic E-state index is -0.225. The van der Waals surface area contributed by atoms with Crippen LogP contribution < -0.4 is 0 Å². The molecular weight excluding hydrogens is 218 g/mol.